The van der Waals surface area contributed by atoms with Crippen molar-refractivity contribution in [1.82, 2.24) is 4.90 Å². The molecule has 2 aliphatic heterocycles. The van der Waals surface area contributed by atoms with Crippen LogP contribution in [0.4, 0.5) is 5.69 Å². The summed E-state index contributed by atoms with van der Waals surface area (Å²) in [6, 6.07) is 18.6. The van der Waals surface area contributed by atoms with E-state index in [1.165, 1.54) is 16.9 Å². The van der Waals surface area contributed by atoms with Crippen molar-refractivity contribution in [2.45, 2.75) is 38.8 Å². The van der Waals surface area contributed by atoms with Crippen molar-refractivity contribution in [1.29, 1.82) is 0 Å². The predicted molar refractivity (Wildman–Crippen MR) is 137 cm³/mol. The van der Waals surface area contributed by atoms with Crippen molar-refractivity contribution in [3.63, 3.8) is 0 Å². The molecule has 3 aromatic rings. The molecule has 8 nitrogen and oxygen atoms in total. The van der Waals surface area contributed by atoms with Crippen molar-refractivity contribution < 1.29 is 28.6 Å². The molecule has 1 fully saturated rings. The van der Waals surface area contributed by atoms with E-state index in [-0.39, 0.29) is 31.6 Å². The molecule has 1 atom stereocenters. The number of carbonyl (C=O) groups is 3. The minimum atomic E-state index is -0.957. The number of rotatable bonds is 7. The lowest BCUT2D eigenvalue weighted by Crippen LogP contribution is -2.45. The fourth-order valence-electron chi connectivity index (χ4n) is 4.62. The number of fused-ring (bicyclic) bond motifs is 1. The normalized spacial score (nSPS) is 16.4. The number of hydrogen-bond acceptors (Lipinski definition) is 6. The molecule has 3 aromatic carbocycles. The Morgan fingerprint density at radius 2 is 1.78 bits per heavy atom. The summed E-state index contributed by atoms with van der Waals surface area (Å²) < 4.78 is 16.2. The van der Waals surface area contributed by atoms with Crippen molar-refractivity contribution >= 4 is 23.4 Å². The van der Waals surface area contributed by atoms with Crippen LogP contribution in [0.2, 0.25) is 0 Å². The van der Waals surface area contributed by atoms with Crippen LogP contribution in [-0.4, -0.2) is 42.6 Å². The predicted octanol–water partition coefficient (Wildman–Crippen LogP) is 4.52. The van der Waals surface area contributed by atoms with Gasteiger partial charge in [0.05, 0.1) is 19.2 Å². The lowest BCUT2D eigenvalue weighted by Gasteiger charge is -2.28. The lowest BCUT2D eigenvalue weighted by atomic mass is 10.0. The van der Waals surface area contributed by atoms with E-state index in [9.17, 15) is 14.4 Å². The Kier molecular flexibility index (Phi) is 6.56. The van der Waals surface area contributed by atoms with E-state index in [4.69, 9.17) is 14.2 Å². The van der Waals surface area contributed by atoms with Gasteiger partial charge in [-0.2, -0.15) is 0 Å². The van der Waals surface area contributed by atoms with Gasteiger partial charge in [-0.05, 0) is 59.5 Å². The molecule has 0 aromatic heterocycles. The Balaban J connectivity index is 1.48. The molecule has 0 saturated carbocycles. The number of methoxy groups -OCH3 is 1. The quantitative estimate of drug-likeness (QED) is 0.444. The van der Waals surface area contributed by atoms with Crippen LogP contribution < -0.4 is 19.1 Å². The summed E-state index contributed by atoms with van der Waals surface area (Å²) >= 11 is 0. The summed E-state index contributed by atoms with van der Waals surface area (Å²) in [5.74, 6) is 0.893. The first-order chi connectivity index (χ1) is 17.9. The van der Waals surface area contributed by atoms with E-state index in [0.717, 1.165) is 11.1 Å². The first-order valence-corrected chi connectivity index (χ1v) is 12.2. The molecular formula is C29H28N2O6. The van der Waals surface area contributed by atoms with E-state index in [1.54, 1.807) is 48.5 Å². The van der Waals surface area contributed by atoms with Gasteiger partial charge >= 0.3 is 0 Å². The van der Waals surface area contributed by atoms with E-state index in [1.807, 2.05) is 18.2 Å². The topological polar surface area (TPSA) is 85.4 Å². The SMILES string of the molecule is COc1cccc(C(=O)N(Cc2ccc3c(c2)OCO3)C2CC(=O)N(c3ccc(C(C)C)cc3)C2=O)c1. The summed E-state index contributed by atoms with van der Waals surface area (Å²) in [6.45, 7) is 4.40. The molecule has 1 unspecified atom stereocenters. The number of carbonyl (C=O) groups excluding carboxylic acids is 3. The summed E-state index contributed by atoms with van der Waals surface area (Å²) in [5.41, 5.74) is 2.72. The molecule has 0 radical (unpaired) electrons. The smallest absolute Gasteiger partial charge is 0.257 e. The largest absolute Gasteiger partial charge is 0.497 e. The zero-order valence-electron chi connectivity index (χ0n) is 21.0. The summed E-state index contributed by atoms with van der Waals surface area (Å²) in [5, 5.41) is 0. The third-order valence-corrected chi connectivity index (χ3v) is 6.68. The Labute approximate surface area is 215 Å². The molecule has 0 N–H and O–H groups in total. The van der Waals surface area contributed by atoms with Crippen molar-refractivity contribution in [2.75, 3.05) is 18.8 Å². The molecule has 1 saturated heterocycles. The second kappa shape index (κ2) is 9.97. The fraction of sp³-hybridized carbons (Fsp3) is 0.276. The molecule has 8 heteroatoms. The number of imide groups is 1. The number of nitrogens with zero attached hydrogens (tertiary/aromatic N) is 2. The molecular weight excluding hydrogens is 472 g/mol. The fourth-order valence-corrected chi connectivity index (χ4v) is 4.62. The second-order valence-electron chi connectivity index (χ2n) is 9.39. The molecule has 3 amide bonds. The van der Waals surface area contributed by atoms with Crippen LogP contribution in [0.25, 0.3) is 0 Å². The van der Waals surface area contributed by atoms with Crippen molar-refractivity contribution in [3.8, 4) is 17.2 Å². The lowest BCUT2D eigenvalue weighted by molar-refractivity contribution is -0.122. The molecule has 2 heterocycles. The summed E-state index contributed by atoms with van der Waals surface area (Å²) in [4.78, 5) is 43.2. The van der Waals surface area contributed by atoms with Crippen LogP contribution in [0.15, 0.2) is 66.7 Å². The van der Waals surface area contributed by atoms with Crippen LogP contribution in [0.5, 0.6) is 17.2 Å². The van der Waals surface area contributed by atoms with Crippen LogP contribution in [0.3, 0.4) is 0 Å². The number of benzene rings is 3. The third-order valence-electron chi connectivity index (χ3n) is 6.68. The molecule has 0 spiro atoms. The maximum atomic E-state index is 13.8. The van der Waals surface area contributed by atoms with Crippen LogP contribution in [-0.2, 0) is 16.1 Å². The number of hydrogen-bond donors (Lipinski definition) is 0. The molecule has 2 aliphatic rings. The molecule has 190 valence electrons. The van der Waals surface area contributed by atoms with E-state index < -0.39 is 11.9 Å². The van der Waals surface area contributed by atoms with Crippen molar-refractivity contribution in [2.24, 2.45) is 0 Å². The molecule has 5 rings (SSSR count). The van der Waals surface area contributed by atoms with Gasteiger partial charge in [-0.25, -0.2) is 4.90 Å². The van der Waals surface area contributed by atoms with Gasteiger partial charge in [-0.1, -0.05) is 38.1 Å². The summed E-state index contributed by atoms with van der Waals surface area (Å²) in [6.07, 6.45) is -0.106. The van der Waals surface area contributed by atoms with Gasteiger partial charge in [-0.3, -0.25) is 14.4 Å². The zero-order valence-corrected chi connectivity index (χ0v) is 21.0. The Hall–Kier alpha value is -4.33. The van der Waals surface area contributed by atoms with Crippen LogP contribution in [0.1, 0.15) is 47.7 Å². The Bertz CT molecular complexity index is 1350. The zero-order chi connectivity index (χ0) is 26.1. The highest BCUT2D eigenvalue weighted by atomic mass is 16.7. The highest BCUT2D eigenvalue weighted by Crippen LogP contribution is 2.34. The van der Waals surface area contributed by atoms with Crippen LogP contribution >= 0.6 is 0 Å². The molecule has 0 bridgehead atoms. The maximum Gasteiger partial charge on any atom is 0.257 e. The van der Waals surface area contributed by atoms with Gasteiger partial charge in [0.25, 0.3) is 11.8 Å². The third kappa shape index (κ3) is 4.74. The first-order valence-electron chi connectivity index (χ1n) is 12.2. The Morgan fingerprint density at radius 1 is 1.03 bits per heavy atom. The molecule has 37 heavy (non-hydrogen) atoms. The van der Waals surface area contributed by atoms with Crippen LogP contribution in [0, 0.1) is 0 Å². The van der Waals surface area contributed by atoms with Gasteiger partial charge in [0.2, 0.25) is 12.7 Å². The summed E-state index contributed by atoms with van der Waals surface area (Å²) in [7, 11) is 1.52. The number of amides is 3. The van der Waals surface area contributed by atoms with Gasteiger partial charge < -0.3 is 19.1 Å². The average Bonchev–Trinajstić information content (AvgIpc) is 3.50. The minimum absolute atomic E-state index is 0.106. The minimum Gasteiger partial charge on any atom is -0.497 e. The standard InChI is InChI=1S/C29H28N2O6/c1-18(2)20-8-10-22(11-9-20)31-27(32)15-24(29(31)34)30(28(33)21-5-4-6-23(14-21)35-3)16-19-7-12-25-26(13-19)37-17-36-25/h4-14,18,24H,15-17H2,1-3H3. The highest BCUT2D eigenvalue weighted by molar-refractivity contribution is 6.23. The van der Waals surface area contributed by atoms with E-state index in [0.29, 0.717) is 34.4 Å². The monoisotopic (exact) mass is 500 g/mol. The Morgan fingerprint density at radius 3 is 2.51 bits per heavy atom. The number of anilines is 1. The molecule has 0 aliphatic carbocycles. The van der Waals surface area contributed by atoms with E-state index >= 15 is 0 Å². The maximum absolute atomic E-state index is 13.8. The van der Waals surface area contributed by atoms with Crippen molar-refractivity contribution in [3.05, 3.63) is 83.4 Å². The first kappa shape index (κ1) is 24.4. The van der Waals surface area contributed by atoms with E-state index in [2.05, 4.69) is 13.8 Å². The van der Waals surface area contributed by atoms with Gasteiger partial charge in [0, 0.05) is 12.1 Å². The van der Waals surface area contributed by atoms with Gasteiger partial charge in [0.1, 0.15) is 11.8 Å². The second-order valence-corrected chi connectivity index (χ2v) is 9.39. The van der Waals surface area contributed by atoms with Gasteiger partial charge in [0.15, 0.2) is 11.5 Å². The highest BCUT2D eigenvalue weighted by Gasteiger charge is 2.44. The average molecular weight is 501 g/mol. The number of ether oxygens (including phenoxy) is 3. The van der Waals surface area contributed by atoms with Gasteiger partial charge in [-0.15, -0.1) is 0 Å².